The number of urea groups is 1. The van der Waals surface area contributed by atoms with Gasteiger partial charge in [0.05, 0.1) is 22.5 Å². The summed E-state index contributed by atoms with van der Waals surface area (Å²) in [5.41, 5.74) is 1.95. The number of benzene rings is 3. The second-order valence-electron chi connectivity index (χ2n) is 8.67. The van der Waals surface area contributed by atoms with Crippen LogP contribution in [0.4, 0.5) is 10.5 Å². The first-order chi connectivity index (χ1) is 18.8. The van der Waals surface area contributed by atoms with Crippen LogP contribution in [0.15, 0.2) is 99.3 Å². The second-order valence-corrected chi connectivity index (χ2v) is 11.4. The Morgan fingerprint density at radius 3 is 2.23 bits per heavy atom. The molecule has 11 heteroatoms. The first-order valence-electron chi connectivity index (χ1n) is 11.6. The molecule has 0 aliphatic carbocycles. The number of rotatable bonds is 5. The van der Waals surface area contributed by atoms with Crippen molar-refractivity contribution in [2.45, 2.75) is 9.99 Å². The summed E-state index contributed by atoms with van der Waals surface area (Å²) in [5.74, 6) is -0.629. The zero-order valence-electron chi connectivity index (χ0n) is 19.9. The molecule has 0 radical (unpaired) electrons. The van der Waals surface area contributed by atoms with Gasteiger partial charge in [-0.1, -0.05) is 71.7 Å². The molecule has 1 aliphatic rings. The van der Waals surface area contributed by atoms with E-state index in [9.17, 15) is 18.0 Å². The van der Waals surface area contributed by atoms with Gasteiger partial charge in [0.25, 0.3) is 5.91 Å². The van der Waals surface area contributed by atoms with Gasteiger partial charge in [-0.3, -0.25) is 4.79 Å². The number of pyridine rings is 1. The second kappa shape index (κ2) is 9.53. The van der Waals surface area contributed by atoms with Crippen LogP contribution in [0.3, 0.4) is 0 Å². The molecule has 2 aromatic heterocycles. The number of nitrogens with one attached hydrogen (secondary N) is 1. The Bertz CT molecular complexity index is 1870. The zero-order chi connectivity index (χ0) is 27.3. The smallest absolute Gasteiger partial charge is 0.329 e. The van der Waals surface area contributed by atoms with Gasteiger partial charge in [0.1, 0.15) is 5.69 Å². The van der Waals surface area contributed by atoms with Gasteiger partial charge in [-0.05, 0) is 42.0 Å². The lowest BCUT2D eigenvalue weighted by Gasteiger charge is -2.14. The molecule has 3 amide bonds. The first kappa shape index (κ1) is 25.1. The first-order valence-corrected chi connectivity index (χ1v) is 13.9. The van der Waals surface area contributed by atoms with Crippen LogP contribution < -0.4 is 10.2 Å². The van der Waals surface area contributed by atoms with Crippen molar-refractivity contribution < 1.29 is 22.4 Å². The van der Waals surface area contributed by atoms with Gasteiger partial charge in [-0.2, -0.15) is 0 Å². The van der Waals surface area contributed by atoms with Crippen LogP contribution in [0.5, 0.6) is 0 Å². The fourth-order valence-electron chi connectivity index (χ4n) is 4.45. The van der Waals surface area contributed by atoms with Gasteiger partial charge in [-0.25, -0.2) is 23.1 Å². The molecule has 0 bridgehead atoms. The van der Waals surface area contributed by atoms with E-state index < -0.39 is 26.9 Å². The van der Waals surface area contributed by atoms with E-state index in [-0.39, 0.29) is 28.2 Å². The molecule has 194 valence electrons. The van der Waals surface area contributed by atoms with Crippen LogP contribution in [0.2, 0.25) is 10.0 Å². The lowest BCUT2D eigenvalue weighted by molar-refractivity contribution is -0.115. The van der Waals surface area contributed by atoms with E-state index >= 15 is 0 Å². The van der Waals surface area contributed by atoms with E-state index in [4.69, 9.17) is 32.6 Å². The van der Waals surface area contributed by atoms with E-state index in [0.717, 1.165) is 4.90 Å². The highest BCUT2D eigenvalue weighted by atomic mass is 35.5. The van der Waals surface area contributed by atoms with E-state index in [1.165, 1.54) is 12.1 Å². The van der Waals surface area contributed by atoms with Gasteiger partial charge in [0.15, 0.2) is 0 Å². The van der Waals surface area contributed by atoms with Crippen LogP contribution in [-0.4, -0.2) is 31.9 Å². The van der Waals surface area contributed by atoms with Gasteiger partial charge in [-0.15, -0.1) is 0 Å². The number of amides is 3. The Kier molecular flexibility index (Phi) is 6.14. The highest BCUT2D eigenvalue weighted by Crippen LogP contribution is 2.44. The molecule has 8 nitrogen and oxygen atoms in total. The number of aromatic nitrogens is 1. The molecule has 39 heavy (non-hydrogen) atoms. The minimum absolute atomic E-state index is 0.0680. The van der Waals surface area contributed by atoms with Crippen molar-refractivity contribution in [3.63, 3.8) is 0 Å². The normalized spacial score (nSPS) is 13.7. The third kappa shape index (κ3) is 4.24. The third-order valence-electron chi connectivity index (χ3n) is 6.27. The van der Waals surface area contributed by atoms with Crippen molar-refractivity contribution in [1.29, 1.82) is 0 Å². The summed E-state index contributed by atoms with van der Waals surface area (Å²) >= 11 is 12.7. The SMILES string of the molecule is O=C1CNC(=O)N1c1c(S(=O)(=O)c2ccccc2)oc2nc(-c3ccccc3Cl)c(-c3ccc(Cl)cc3)cc12. The minimum atomic E-state index is -4.31. The van der Waals surface area contributed by atoms with E-state index in [1.807, 2.05) is 0 Å². The number of hydrogen-bond acceptors (Lipinski definition) is 6. The molecule has 1 fully saturated rings. The highest BCUT2D eigenvalue weighted by molar-refractivity contribution is 7.91. The predicted molar refractivity (Wildman–Crippen MR) is 148 cm³/mol. The monoisotopic (exact) mass is 577 g/mol. The van der Waals surface area contributed by atoms with Gasteiger partial charge in [0, 0.05) is 21.2 Å². The Labute approximate surface area is 232 Å². The summed E-state index contributed by atoms with van der Waals surface area (Å²) in [6.07, 6.45) is 0. The van der Waals surface area contributed by atoms with Crippen LogP contribution in [-0.2, 0) is 14.6 Å². The van der Waals surface area contributed by atoms with Crippen molar-refractivity contribution in [2.24, 2.45) is 0 Å². The topological polar surface area (TPSA) is 110 Å². The summed E-state index contributed by atoms with van der Waals surface area (Å²) in [7, 11) is -4.31. The number of hydrogen-bond donors (Lipinski definition) is 1. The minimum Gasteiger partial charge on any atom is -0.424 e. The number of furan rings is 1. The standard InChI is InChI=1S/C28H17Cl2N3O5S/c29-17-12-10-16(11-13-17)20-14-21-25(33-23(34)15-31-28(33)35)27(39(36,37)18-6-2-1-3-7-18)38-26(21)32-24(20)19-8-4-5-9-22(19)30/h1-14H,15H2,(H,31,35). The molecule has 0 unspecified atom stereocenters. The van der Waals surface area contributed by atoms with E-state index in [2.05, 4.69) is 5.32 Å². The lowest BCUT2D eigenvalue weighted by atomic mass is 9.98. The summed E-state index contributed by atoms with van der Waals surface area (Å²) in [6, 6.07) is 22.5. The summed E-state index contributed by atoms with van der Waals surface area (Å²) in [5, 5.41) is 2.96. The van der Waals surface area contributed by atoms with Crippen molar-refractivity contribution in [3.05, 3.63) is 95.0 Å². The maximum atomic E-state index is 13.8. The van der Waals surface area contributed by atoms with E-state index in [0.29, 0.717) is 32.4 Å². The Morgan fingerprint density at radius 2 is 1.56 bits per heavy atom. The summed E-state index contributed by atoms with van der Waals surface area (Å²) in [6.45, 7) is -0.286. The fourth-order valence-corrected chi connectivity index (χ4v) is 6.17. The van der Waals surface area contributed by atoms with Gasteiger partial charge >= 0.3 is 6.03 Å². The Morgan fingerprint density at radius 1 is 0.872 bits per heavy atom. The number of fused-ring (bicyclic) bond motifs is 1. The lowest BCUT2D eigenvalue weighted by Crippen LogP contribution is -2.31. The highest BCUT2D eigenvalue weighted by Gasteiger charge is 2.40. The Hall–Kier alpha value is -4.18. The quantitative estimate of drug-likeness (QED) is 0.243. The number of carbonyl (C=O) groups is 2. The molecular weight excluding hydrogens is 561 g/mol. The van der Waals surface area contributed by atoms with Gasteiger partial charge < -0.3 is 9.73 Å². The van der Waals surface area contributed by atoms with Crippen LogP contribution >= 0.6 is 23.2 Å². The van der Waals surface area contributed by atoms with Crippen LogP contribution in [0, 0.1) is 0 Å². The number of carbonyl (C=O) groups excluding carboxylic acids is 2. The van der Waals surface area contributed by atoms with Crippen molar-refractivity contribution >= 4 is 61.8 Å². The molecule has 0 spiro atoms. The maximum Gasteiger partial charge on any atom is 0.329 e. The zero-order valence-corrected chi connectivity index (χ0v) is 22.2. The van der Waals surface area contributed by atoms with E-state index in [1.54, 1.807) is 72.8 Å². The van der Waals surface area contributed by atoms with Crippen molar-refractivity contribution in [2.75, 3.05) is 11.4 Å². The molecule has 6 rings (SSSR count). The average Bonchev–Trinajstić information content (AvgIpc) is 3.47. The molecule has 1 aliphatic heterocycles. The molecular formula is C28H17Cl2N3O5S. The molecule has 0 saturated carbocycles. The van der Waals surface area contributed by atoms with Crippen molar-refractivity contribution in [1.82, 2.24) is 10.3 Å². The Balaban J connectivity index is 1.72. The summed E-state index contributed by atoms with van der Waals surface area (Å²) in [4.78, 5) is 31.0. The number of imide groups is 1. The molecule has 3 heterocycles. The number of anilines is 1. The van der Waals surface area contributed by atoms with Crippen LogP contribution in [0.1, 0.15) is 0 Å². The number of halogens is 2. The average molecular weight is 578 g/mol. The summed E-state index contributed by atoms with van der Waals surface area (Å²) < 4.78 is 33.4. The third-order valence-corrected chi connectivity index (χ3v) is 8.51. The number of sulfone groups is 1. The fraction of sp³-hybridized carbons (Fsp3) is 0.0357. The molecule has 3 aromatic carbocycles. The largest absolute Gasteiger partial charge is 0.424 e. The van der Waals surface area contributed by atoms with Crippen LogP contribution in [0.25, 0.3) is 33.5 Å². The van der Waals surface area contributed by atoms with Crippen molar-refractivity contribution in [3.8, 4) is 22.4 Å². The van der Waals surface area contributed by atoms with Gasteiger partial charge in [0.2, 0.25) is 20.6 Å². The number of nitrogens with zero attached hydrogens (tertiary/aromatic N) is 2. The molecule has 5 aromatic rings. The maximum absolute atomic E-state index is 13.8. The molecule has 1 saturated heterocycles. The predicted octanol–water partition coefficient (Wildman–Crippen LogP) is 6.36. The molecule has 1 N–H and O–H groups in total. The molecule has 0 atom stereocenters.